The summed E-state index contributed by atoms with van der Waals surface area (Å²) in [6.45, 7) is 4.14. The monoisotopic (exact) mass is 284 g/mol. The van der Waals surface area contributed by atoms with Crippen molar-refractivity contribution < 1.29 is 19.0 Å². The van der Waals surface area contributed by atoms with E-state index in [1.54, 1.807) is 0 Å². The van der Waals surface area contributed by atoms with Gasteiger partial charge < -0.3 is 14.6 Å². The van der Waals surface area contributed by atoms with Crippen molar-refractivity contribution in [1.29, 1.82) is 0 Å². The Morgan fingerprint density at radius 2 is 1.55 bits per heavy atom. The third-order valence-corrected chi connectivity index (χ3v) is 3.59. The molecule has 0 saturated heterocycles. The first kappa shape index (κ1) is 16.8. The minimum atomic E-state index is -0.810. The fourth-order valence-corrected chi connectivity index (χ4v) is 2.55. The van der Waals surface area contributed by atoms with Crippen molar-refractivity contribution in [2.75, 3.05) is 14.2 Å². The van der Waals surface area contributed by atoms with Gasteiger partial charge >= 0.3 is 0 Å². The SMILES string of the molecule is CCCC(CCC)C(O)c1cc(OC)c(OC)cc1F. The van der Waals surface area contributed by atoms with E-state index in [4.69, 9.17) is 9.47 Å². The number of hydrogen-bond acceptors (Lipinski definition) is 3. The highest BCUT2D eigenvalue weighted by Gasteiger charge is 2.24. The molecule has 0 aromatic heterocycles. The number of benzene rings is 1. The number of aliphatic hydroxyl groups excluding tert-OH is 1. The van der Waals surface area contributed by atoms with Gasteiger partial charge in [-0.15, -0.1) is 0 Å². The van der Waals surface area contributed by atoms with Crippen LogP contribution in [0.5, 0.6) is 11.5 Å². The van der Waals surface area contributed by atoms with Crippen LogP contribution in [-0.2, 0) is 0 Å². The second kappa shape index (κ2) is 8.10. The molecule has 0 heterocycles. The van der Waals surface area contributed by atoms with Crippen LogP contribution in [0.15, 0.2) is 12.1 Å². The maximum Gasteiger partial charge on any atom is 0.163 e. The molecule has 1 unspecified atom stereocenters. The summed E-state index contributed by atoms with van der Waals surface area (Å²) in [6.07, 6.45) is 2.88. The van der Waals surface area contributed by atoms with Crippen molar-refractivity contribution in [2.45, 2.75) is 45.6 Å². The largest absolute Gasteiger partial charge is 0.493 e. The van der Waals surface area contributed by atoms with Crippen LogP contribution in [0.3, 0.4) is 0 Å². The molecule has 1 aromatic rings. The quantitative estimate of drug-likeness (QED) is 0.781. The van der Waals surface area contributed by atoms with Gasteiger partial charge in [-0.2, -0.15) is 0 Å². The number of aliphatic hydroxyl groups is 1. The van der Waals surface area contributed by atoms with Gasteiger partial charge in [0.15, 0.2) is 11.5 Å². The van der Waals surface area contributed by atoms with Gasteiger partial charge in [-0.05, 0) is 24.8 Å². The lowest BCUT2D eigenvalue weighted by molar-refractivity contribution is 0.0926. The van der Waals surface area contributed by atoms with E-state index in [2.05, 4.69) is 13.8 Å². The molecule has 0 saturated carbocycles. The van der Waals surface area contributed by atoms with Crippen molar-refractivity contribution in [3.63, 3.8) is 0 Å². The molecule has 4 heteroatoms. The zero-order valence-electron chi connectivity index (χ0n) is 12.8. The Labute approximate surface area is 120 Å². The fourth-order valence-electron chi connectivity index (χ4n) is 2.55. The van der Waals surface area contributed by atoms with E-state index in [1.807, 2.05) is 0 Å². The number of methoxy groups -OCH3 is 2. The molecule has 0 amide bonds. The first-order chi connectivity index (χ1) is 9.58. The minimum absolute atomic E-state index is 0.0672. The normalized spacial score (nSPS) is 12.6. The molecule has 0 bridgehead atoms. The maximum absolute atomic E-state index is 14.1. The first-order valence-electron chi connectivity index (χ1n) is 7.18. The van der Waals surface area contributed by atoms with Crippen molar-refractivity contribution in [3.8, 4) is 11.5 Å². The topological polar surface area (TPSA) is 38.7 Å². The number of halogens is 1. The summed E-state index contributed by atoms with van der Waals surface area (Å²) in [7, 11) is 2.96. The Hall–Kier alpha value is -1.29. The highest BCUT2D eigenvalue weighted by Crippen LogP contribution is 2.37. The lowest BCUT2D eigenvalue weighted by Gasteiger charge is -2.23. The smallest absolute Gasteiger partial charge is 0.163 e. The van der Waals surface area contributed by atoms with Crippen LogP contribution in [0.1, 0.15) is 51.2 Å². The zero-order chi connectivity index (χ0) is 15.1. The summed E-state index contributed by atoms with van der Waals surface area (Å²) in [4.78, 5) is 0. The third kappa shape index (κ3) is 3.85. The van der Waals surface area contributed by atoms with Gasteiger partial charge in [0.2, 0.25) is 0 Å². The number of hydrogen-bond donors (Lipinski definition) is 1. The van der Waals surface area contributed by atoms with E-state index in [0.717, 1.165) is 25.7 Å². The van der Waals surface area contributed by atoms with Gasteiger partial charge in [0.1, 0.15) is 5.82 Å². The van der Waals surface area contributed by atoms with Crippen LogP contribution >= 0.6 is 0 Å². The lowest BCUT2D eigenvalue weighted by Crippen LogP contribution is -2.14. The zero-order valence-corrected chi connectivity index (χ0v) is 12.8. The molecular weight excluding hydrogens is 259 g/mol. The van der Waals surface area contributed by atoms with Crippen LogP contribution in [0.4, 0.5) is 4.39 Å². The molecule has 0 spiro atoms. The Bertz CT molecular complexity index is 414. The van der Waals surface area contributed by atoms with Crippen LogP contribution in [0.25, 0.3) is 0 Å². The second-order valence-electron chi connectivity index (χ2n) is 5.01. The molecule has 114 valence electrons. The van der Waals surface area contributed by atoms with E-state index < -0.39 is 11.9 Å². The summed E-state index contributed by atoms with van der Waals surface area (Å²) in [5, 5.41) is 10.5. The Balaban J connectivity index is 3.09. The Morgan fingerprint density at radius 1 is 1.05 bits per heavy atom. The highest BCUT2D eigenvalue weighted by molar-refractivity contribution is 5.44. The molecule has 1 rings (SSSR count). The van der Waals surface area contributed by atoms with Crippen molar-refractivity contribution in [3.05, 3.63) is 23.5 Å². The van der Waals surface area contributed by atoms with E-state index in [9.17, 15) is 9.50 Å². The molecule has 0 aliphatic rings. The standard InChI is InChI=1S/C16H25FO3/c1-5-7-11(8-6-2)16(18)12-9-14(19-3)15(20-4)10-13(12)17/h9-11,16,18H,5-8H2,1-4H3. The van der Waals surface area contributed by atoms with Gasteiger partial charge in [0, 0.05) is 11.6 Å². The lowest BCUT2D eigenvalue weighted by atomic mass is 9.88. The molecule has 1 aromatic carbocycles. The van der Waals surface area contributed by atoms with E-state index in [-0.39, 0.29) is 11.5 Å². The number of rotatable bonds is 8. The summed E-state index contributed by atoms with van der Waals surface area (Å²) in [5.41, 5.74) is 0.287. The first-order valence-corrected chi connectivity index (χ1v) is 7.18. The van der Waals surface area contributed by atoms with Crippen molar-refractivity contribution in [1.82, 2.24) is 0 Å². The molecular formula is C16H25FO3. The van der Waals surface area contributed by atoms with Gasteiger partial charge in [-0.3, -0.25) is 0 Å². The second-order valence-corrected chi connectivity index (χ2v) is 5.01. The summed E-state index contributed by atoms with van der Waals surface area (Å²) >= 11 is 0. The fraction of sp³-hybridized carbons (Fsp3) is 0.625. The minimum Gasteiger partial charge on any atom is -0.493 e. The van der Waals surface area contributed by atoms with Crippen LogP contribution in [-0.4, -0.2) is 19.3 Å². The summed E-state index contributed by atoms with van der Waals surface area (Å²) < 4.78 is 24.4. The van der Waals surface area contributed by atoms with E-state index in [0.29, 0.717) is 11.5 Å². The molecule has 1 N–H and O–H groups in total. The average molecular weight is 284 g/mol. The van der Waals surface area contributed by atoms with Crippen LogP contribution in [0, 0.1) is 11.7 Å². The molecule has 0 fully saturated rings. The molecule has 1 atom stereocenters. The maximum atomic E-state index is 14.1. The summed E-state index contributed by atoms with van der Waals surface area (Å²) in [5.74, 6) is 0.392. The molecule has 20 heavy (non-hydrogen) atoms. The van der Waals surface area contributed by atoms with Crippen LogP contribution in [0.2, 0.25) is 0 Å². The van der Waals surface area contributed by atoms with E-state index >= 15 is 0 Å². The van der Waals surface area contributed by atoms with Gasteiger partial charge in [-0.25, -0.2) is 4.39 Å². The van der Waals surface area contributed by atoms with Gasteiger partial charge in [0.25, 0.3) is 0 Å². The number of ether oxygens (including phenoxy) is 2. The van der Waals surface area contributed by atoms with Crippen LogP contribution < -0.4 is 9.47 Å². The van der Waals surface area contributed by atoms with Gasteiger partial charge in [-0.1, -0.05) is 26.7 Å². The Morgan fingerprint density at radius 3 is 2.00 bits per heavy atom. The third-order valence-electron chi connectivity index (χ3n) is 3.59. The van der Waals surface area contributed by atoms with Crippen molar-refractivity contribution in [2.24, 2.45) is 5.92 Å². The molecule has 0 radical (unpaired) electrons. The highest BCUT2D eigenvalue weighted by atomic mass is 19.1. The van der Waals surface area contributed by atoms with Crippen molar-refractivity contribution >= 4 is 0 Å². The predicted octanol–water partition coefficient (Wildman–Crippen LogP) is 4.09. The molecule has 3 nitrogen and oxygen atoms in total. The van der Waals surface area contributed by atoms with Gasteiger partial charge in [0.05, 0.1) is 20.3 Å². The van der Waals surface area contributed by atoms with E-state index in [1.165, 1.54) is 26.4 Å². The molecule has 0 aliphatic carbocycles. The predicted molar refractivity (Wildman–Crippen MR) is 77.8 cm³/mol. The summed E-state index contributed by atoms with van der Waals surface area (Å²) in [6, 6.07) is 2.81. The average Bonchev–Trinajstić information content (AvgIpc) is 2.46. The molecule has 0 aliphatic heterocycles. The Kier molecular flexibility index (Phi) is 6.79.